The molecule has 0 saturated carbocycles. The van der Waals surface area contributed by atoms with Crippen LogP contribution in [0, 0.1) is 0 Å². The second-order valence-corrected chi connectivity index (χ2v) is 12.7. The van der Waals surface area contributed by atoms with Gasteiger partial charge in [0.1, 0.15) is 12.1 Å². The van der Waals surface area contributed by atoms with E-state index in [4.69, 9.17) is 4.42 Å². The van der Waals surface area contributed by atoms with Gasteiger partial charge in [0.15, 0.2) is 5.89 Å². The first kappa shape index (κ1) is 41.2. The van der Waals surface area contributed by atoms with Gasteiger partial charge in [-0.1, -0.05) is 83.1 Å². The average molecular weight is 663 g/mol. The first-order valence-electron chi connectivity index (χ1n) is 16.5. The van der Waals surface area contributed by atoms with Crippen LogP contribution in [0.3, 0.4) is 0 Å². The van der Waals surface area contributed by atoms with E-state index in [1.165, 1.54) is 11.4 Å². The van der Waals surface area contributed by atoms with Gasteiger partial charge in [-0.3, -0.25) is 0 Å². The first-order valence-corrected chi connectivity index (χ1v) is 16.5. The maximum atomic E-state index is 4.98. The van der Waals surface area contributed by atoms with Crippen LogP contribution in [-0.2, 0) is 0 Å². The third-order valence-electron chi connectivity index (χ3n) is 6.45. The lowest BCUT2D eigenvalue weighted by Crippen LogP contribution is -1.87. The minimum Gasteiger partial charge on any atom is -0.449 e. The predicted octanol–water partition coefficient (Wildman–Crippen LogP) is 8.86. The Balaban J connectivity index is 0.000000288. The molecule has 0 spiro atoms. The van der Waals surface area contributed by atoms with Gasteiger partial charge in [0.05, 0.1) is 36.3 Å². The van der Waals surface area contributed by atoms with E-state index < -0.39 is 0 Å². The SMILES string of the molecule is CC(C)c1ccc[nH]1.CC(C)c1cn[nH]n1.CC(C)c1cn[nH]n1.CC(C)c1cnc[nH]1.CC(C)c1ncc[nH]1.CC(C)c1ncco1. The van der Waals surface area contributed by atoms with Crippen LogP contribution >= 0.6 is 0 Å². The summed E-state index contributed by atoms with van der Waals surface area (Å²) >= 11 is 0. The molecular weight excluding hydrogens is 604 g/mol. The molecule has 0 bridgehead atoms. The number of nitrogens with one attached hydrogen (secondary N) is 5. The Bertz CT molecular complexity index is 1150. The molecule has 6 aromatic rings. The zero-order chi connectivity index (χ0) is 35.9. The summed E-state index contributed by atoms with van der Waals surface area (Å²) in [5, 5.41) is 20.2. The van der Waals surface area contributed by atoms with E-state index in [1.807, 2.05) is 38.5 Å². The van der Waals surface area contributed by atoms with E-state index in [-0.39, 0.29) is 0 Å². The average Bonchev–Trinajstić information content (AvgIpc) is 3.91. The Labute approximate surface area is 286 Å². The largest absolute Gasteiger partial charge is 0.449 e. The van der Waals surface area contributed by atoms with Gasteiger partial charge in [-0.2, -0.15) is 30.8 Å². The van der Waals surface area contributed by atoms with Crippen molar-refractivity contribution in [2.75, 3.05) is 0 Å². The Morgan fingerprint density at radius 3 is 1.38 bits per heavy atom. The number of aromatic nitrogens is 12. The van der Waals surface area contributed by atoms with E-state index in [2.05, 4.69) is 136 Å². The third kappa shape index (κ3) is 17.8. The number of H-pyrrole nitrogens is 5. The van der Waals surface area contributed by atoms with Gasteiger partial charge in [-0.05, 0) is 35.8 Å². The monoisotopic (exact) mass is 662 g/mol. The van der Waals surface area contributed by atoms with Crippen LogP contribution in [0.15, 0.2) is 72.5 Å². The van der Waals surface area contributed by atoms with Gasteiger partial charge in [0.25, 0.3) is 0 Å². The molecule has 0 unspecified atom stereocenters. The maximum Gasteiger partial charge on any atom is 0.196 e. The molecule has 0 radical (unpaired) electrons. The minimum absolute atomic E-state index is 0.407. The lowest BCUT2D eigenvalue weighted by Gasteiger charge is -1.97. The van der Waals surface area contributed by atoms with Crippen molar-refractivity contribution in [3.05, 3.63) is 103 Å². The van der Waals surface area contributed by atoms with E-state index in [0.717, 1.165) is 23.1 Å². The van der Waals surface area contributed by atoms with Crippen molar-refractivity contribution in [3.63, 3.8) is 0 Å². The Kier molecular flexibility index (Phi) is 20.2. The summed E-state index contributed by atoms with van der Waals surface area (Å²) in [4.78, 5) is 21.1. The molecule has 5 N–H and O–H groups in total. The number of imidazole rings is 2. The standard InChI is InChI=1S/C7H11N.2C6H10N2.C6H9NO.2C5H9N3/c1-6(2)7-4-3-5-8-7;1-5(2)6-3-7-4-8-6;2*1-5(2)6-7-3-4-8-6;2*1-4(2)5-3-6-8-7-5/h3-6,8H,1-2H3;2*3-5H,1-2H3,(H,7,8);3-5H,1-2H3;2*3-4H,1-2H3,(H,6,7,8). The van der Waals surface area contributed by atoms with E-state index >= 15 is 0 Å². The Morgan fingerprint density at radius 2 is 1.17 bits per heavy atom. The van der Waals surface area contributed by atoms with Crippen LogP contribution < -0.4 is 0 Å². The quantitative estimate of drug-likeness (QED) is 0.117. The van der Waals surface area contributed by atoms with Crippen molar-refractivity contribution in [3.8, 4) is 0 Å². The first-order chi connectivity index (χ1) is 22.8. The lowest BCUT2D eigenvalue weighted by atomic mass is 10.1. The number of rotatable bonds is 6. The molecule has 0 amide bonds. The molecule has 0 fully saturated rings. The number of oxazole rings is 1. The van der Waals surface area contributed by atoms with E-state index in [0.29, 0.717) is 35.5 Å². The van der Waals surface area contributed by atoms with E-state index in [9.17, 15) is 0 Å². The molecule has 0 aliphatic carbocycles. The summed E-state index contributed by atoms with van der Waals surface area (Å²) in [5.74, 6) is 4.95. The fourth-order valence-corrected chi connectivity index (χ4v) is 3.38. The van der Waals surface area contributed by atoms with Gasteiger partial charge in [-0.25, -0.2) is 15.0 Å². The second kappa shape index (κ2) is 23.5. The zero-order valence-electron chi connectivity index (χ0n) is 30.9. The van der Waals surface area contributed by atoms with Gasteiger partial charge >= 0.3 is 0 Å². The van der Waals surface area contributed by atoms with Crippen molar-refractivity contribution in [1.82, 2.24) is 60.7 Å². The van der Waals surface area contributed by atoms with Gasteiger partial charge < -0.3 is 19.4 Å². The second-order valence-electron chi connectivity index (χ2n) is 12.7. The van der Waals surface area contributed by atoms with Crippen LogP contribution in [0.5, 0.6) is 0 Å². The smallest absolute Gasteiger partial charge is 0.196 e. The topological polar surface area (TPSA) is 182 Å². The fourth-order valence-electron chi connectivity index (χ4n) is 3.38. The van der Waals surface area contributed by atoms with Crippen molar-refractivity contribution < 1.29 is 4.42 Å². The number of hydrogen-bond acceptors (Lipinski definition) is 8. The van der Waals surface area contributed by atoms with Crippen molar-refractivity contribution in [1.29, 1.82) is 0 Å². The zero-order valence-corrected chi connectivity index (χ0v) is 30.9. The molecule has 0 aromatic carbocycles. The number of aromatic amines is 5. The molecule has 6 aromatic heterocycles. The highest BCUT2D eigenvalue weighted by Crippen LogP contribution is 2.11. The number of hydrogen-bond donors (Lipinski definition) is 5. The highest BCUT2D eigenvalue weighted by atomic mass is 16.3. The van der Waals surface area contributed by atoms with Gasteiger partial charge in [-0.15, -0.1) is 0 Å². The predicted molar refractivity (Wildman–Crippen MR) is 192 cm³/mol. The summed E-state index contributed by atoms with van der Waals surface area (Å²) in [5.41, 5.74) is 4.55. The van der Waals surface area contributed by atoms with Crippen molar-refractivity contribution in [2.45, 2.75) is 119 Å². The molecule has 0 aliphatic rings. The van der Waals surface area contributed by atoms with Crippen LogP contribution in [0.1, 0.15) is 153 Å². The summed E-state index contributed by atoms with van der Waals surface area (Å²) in [6, 6.07) is 4.12. The van der Waals surface area contributed by atoms with Crippen molar-refractivity contribution >= 4 is 0 Å². The molecule has 48 heavy (non-hydrogen) atoms. The fraction of sp³-hybridized carbons (Fsp3) is 0.514. The summed E-state index contributed by atoms with van der Waals surface area (Å²) in [6.45, 7) is 25.2. The Hall–Kier alpha value is -4.81. The molecule has 13 heteroatoms. The Morgan fingerprint density at radius 1 is 0.562 bits per heavy atom. The maximum absolute atomic E-state index is 4.98. The molecule has 0 aliphatic heterocycles. The molecule has 264 valence electrons. The van der Waals surface area contributed by atoms with Crippen LogP contribution in [0.4, 0.5) is 0 Å². The third-order valence-corrected chi connectivity index (χ3v) is 6.45. The van der Waals surface area contributed by atoms with Crippen LogP contribution in [-0.4, -0.2) is 60.7 Å². The van der Waals surface area contributed by atoms with Crippen LogP contribution in [0.25, 0.3) is 0 Å². The summed E-state index contributed by atoms with van der Waals surface area (Å²) < 4.78 is 4.98. The molecular formula is C35H58N12O. The van der Waals surface area contributed by atoms with Gasteiger partial charge in [0.2, 0.25) is 0 Å². The molecule has 13 nitrogen and oxygen atoms in total. The highest BCUT2D eigenvalue weighted by Gasteiger charge is 2.01. The lowest BCUT2D eigenvalue weighted by molar-refractivity contribution is 0.471. The van der Waals surface area contributed by atoms with E-state index in [1.54, 1.807) is 37.4 Å². The van der Waals surface area contributed by atoms with Crippen molar-refractivity contribution in [2.24, 2.45) is 0 Å². The summed E-state index contributed by atoms with van der Waals surface area (Å²) in [7, 11) is 0. The molecule has 6 rings (SSSR count). The minimum atomic E-state index is 0.407. The molecule has 0 saturated heterocycles. The normalized spacial score (nSPS) is 10.4. The van der Waals surface area contributed by atoms with Gasteiger partial charge in [0, 0.05) is 48.0 Å². The summed E-state index contributed by atoms with van der Waals surface area (Å²) in [6.07, 6.45) is 15.9. The number of nitrogens with zero attached hydrogens (tertiary/aromatic N) is 7. The highest BCUT2D eigenvalue weighted by molar-refractivity contribution is 5.07. The molecule has 6 heterocycles. The molecule has 0 atom stereocenters. The van der Waals surface area contributed by atoms with Crippen LogP contribution in [0.2, 0.25) is 0 Å².